The molecule has 0 aromatic heterocycles. The lowest BCUT2D eigenvalue weighted by Crippen LogP contribution is -1.98. The van der Waals surface area contributed by atoms with E-state index in [4.69, 9.17) is 22.1 Å². The summed E-state index contributed by atoms with van der Waals surface area (Å²) in [6, 6.07) is 15.7. The molecule has 0 atom stereocenters. The summed E-state index contributed by atoms with van der Waals surface area (Å²) in [5.74, 6) is 0. The number of benzene rings is 2. The van der Waals surface area contributed by atoms with Crippen molar-refractivity contribution in [2.75, 3.05) is 12.3 Å². The van der Waals surface area contributed by atoms with Crippen molar-refractivity contribution in [2.24, 2.45) is 0 Å². The molecule has 0 aliphatic carbocycles. The topological polar surface area (TPSA) is 35.2 Å². The Bertz CT molecular complexity index is 528. The van der Waals surface area contributed by atoms with Gasteiger partial charge in [-0.3, -0.25) is 0 Å². The smallest absolute Gasteiger partial charge is 0.0731 e. The molecule has 19 heavy (non-hydrogen) atoms. The molecule has 0 heterocycles. The number of nitrogen functional groups attached to an aromatic ring is 1. The average molecular weight is 276 g/mol. The summed E-state index contributed by atoms with van der Waals surface area (Å²) >= 11 is 6.06. The molecule has 0 bridgehead atoms. The summed E-state index contributed by atoms with van der Waals surface area (Å²) in [5, 5.41) is 0.762. The van der Waals surface area contributed by atoms with Crippen LogP contribution in [0.5, 0.6) is 0 Å². The number of halogens is 1. The van der Waals surface area contributed by atoms with Gasteiger partial charge in [-0.05, 0) is 42.2 Å². The normalized spacial score (nSPS) is 10.6. The lowest BCUT2D eigenvalue weighted by atomic mass is 10.1. The van der Waals surface area contributed by atoms with Crippen LogP contribution < -0.4 is 5.73 Å². The largest absolute Gasteiger partial charge is 0.399 e. The summed E-state index contributed by atoms with van der Waals surface area (Å²) in [6.45, 7) is 1.29. The van der Waals surface area contributed by atoms with Gasteiger partial charge in [0.2, 0.25) is 0 Å². The summed E-state index contributed by atoms with van der Waals surface area (Å²) in [7, 11) is 0. The molecule has 3 heteroatoms. The maximum absolute atomic E-state index is 6.06. The van der Waals surface area contributed by atoms with Crippen LogP contribution in [0.15, 0.2) is 48.5 Å². The maximum atomic E-state index is 6.06. The Hall–Kier alpha value is -1.51. The van der Waals surface area contributed by atoms with E-state index in [9.17, 15) is 0 Å². The minimum absolute atomic E-state index is 0.566. The number of ether oxygens (including phenoxy) is 1. The first kappa shape index (κ1) is 13.9. The second-order valence-corrected chi connectivity index (χ2v) is 4.90. The zero-order chi connectivity index (χ0) is 13.5. The van der Waals surface area contributed by atoms with Crippen LogP contribution in [0.25, 0.3) is 0 Å². The molecule has 0 amide bonds. The highest BCUT2D eigenvalue weighted by Crippen LogP contribution is 2.16. The van der Waals surface area contributed by atoms with E-state index < -0.39 is 0 Å². The van der Waals surface area contributed by atoms with E-state index >= 15 is 0 Å². The van der Waals surface area contributed by atoms with Gasteiger partial charge >= 0.3 is 0 Å². The highest BCUT2D eigenvalue weighted by Gasteiger charge is 1.99. The fraction of sp³-hybridized carbons (Fsp3) is 0.250. The van der Waals surface area contributed by atoms with Crippen molar-refractivity contribution in [3.8, 4) is 0 Å². The summed E-state index contributed by atoms with van der Waals surface area (Å²) in [5.41, 5.74) is 8.84. The molecule has 0 unspecified atom stereocenters. The zero-order valence-electron chi connectivity index (χ0n) is 10.8. The highest BCUT2D eigenvalue weighted by molar-refractivity contribution is 6.31. The summed E-state index contributed by atoms with van der Waals surface area (Å²) in [4.78, 5) is 0. The van der Waals surface area contributed by atoms with Crippen LogP contribution in [-0.4, -0.2) is 6.61 Å². The molecule has 0 aliphatic heterocycles. The van der Waals surface area contributed by atoms with Gasteiger partial charge in [-0.15, -0.1) is 0 Å². The zero-order valence-corrected chi connectivity index (χ0v) is 11.6. The Balaban J connectivity index is 1.69. The van der Waals surface area contributed by atoms with Gasteiger partial charge in [0.25, 0.3) is 0 Å². The second-order valence-electron chi connectivity index (χ2n) is 4.49. The molecule has 0 aliphatic rings. The molecule has 2 aromatic carbocycles. The van der Waals surface area contributed by atoms with Gasteiger partial charge in [0.15, 0.2) is 0 Å². The van der Waals surface area contributed by atoms with Crippen LogP contribution in [-0.2, 0) is 17.8 Å². The monoisotopic (exact) mass is 275 g/mol. The standard InChI is InChI=1S/C16H18ClNO/c17-16-9-2-1-7-14(16)12-19-10-4-6-13-5-3-8-15(18)11-13/h1-3,5,7-9,11H,4,6,10,12,18H2. The minimum atomic E-state index is 0.566. The van der Waals surface area contributed by atoms with Crippen molar-refractivity contribution in [1.82, 2.24) is 0 Å². The van der Waals surface area contributed by atoms with Crippen LogP contribution in [0, 0.1) is 0 Å². The van der Waals surface area contributed by atoms with Gasteiger partial charge in [0.1, 0.15) is 0 Å². The third-order valence-corrected chi connectivity index (χ3v) is 3.29. The van der Waals surface area contributed by atoms with E-state index in [2.05, 4.69) is 6.07 Å². The van der Waals surface area contributed by atoms with Crippen LogP contribution in [0.1, 0.15) is 17.5 Å². The van der Waals surface area contributed by atoms with Crippen LogP contribution in [0.2, 0.25) is 5.02 Å². The SMILES string of the molecule is Nc1cccc(CCCOCc2ccccc2Cl)c1. The predicted octanol–water partition coefficient (Wildman–Crippen LogP) is 4.07. The van der Waals surface area contributed by atoms with Gasteiger partial charge in [-0.2, -0.15) is 0 Å². The van der Waals surface area contributed by atoms with Crippen molar-refractivity contribution in [3.63, 3.8) is 0 Å². The fourth-order valence-electron chi connectivity index (χ4n) is 1.92. The van der Waals surface area contributed by atoms with Gasteiger partial charge < -0.3 is 10.5 Å². The quantitative estimate of drug-likeness (QED) is 0.637. The Kier molecular flexibility index (Phi) is 5.25. The minimum Gasteiger partial charge on any atom is -0.399 e. The lowest BCUT2D eigenvalue weighted by molar-refractivity contribution is 0.119. The molecule has 0 radical (unpaired) electrons. The van der Waals surface area contributed by atoms with Gasteiger partial charge in [-0.25, -0.2) is 0 Å². The first-order chi connectivity index (χ1) is 9.25. The molecular weight excluding hydrogens is 258 g/mol. The van der Waals surface area contributed by atoms with E-state index in [1.165, 1.54) is 5.56 Å². The van der Waals surface area contributed by atoms with Crippen molar-refractivity contribution >= 4 is 17.3 Å². The Morgan fingerprint density at radius 3 is 2.68 bits per heavy atom. The second kappa shape index (κ2) is 7.17. The number of nitrogens with two attached hydrogens (primary N) is 1. The fourth-order valence-corrected chi connectivity index (χ4v) is 2.11. The average Bonchev–Trinajstić information content (AvgIpc) is 2.40. The number of anilines is 1. The number of rotatable bonds is 6. The molecule has 0 fully saturated rings. The molecule has 0 saturated heterocycles. The first-order valence-corrected chi connectivity index (χ1v) is 6.79. The van der Waals surface area contributed by atoms with Crippen LogP contribution >= 0.6 is 11.6 Å². The van der Waals surface area contributed by atoms with Crippen LogP contribution in [0.3, 0.4) is 0 Å². The summed E-state index contributed by atoms with van der Waals surface area (Å²) < 4.78 is 5.64. The van der Waals surface area contributed by atoms with Crippen molar-refractivity contribution < 1.29 is 4.74 Å². The third-order valence-electron chi connectivity index (χ3n) is 2.92. The Morgan fingerprint density at radius 2 is 1.89 bits per heavy atom. The third kappa shape index (κ3) is 4.58. The lowest BCUT2D eigenvalue weighted by Gasteiger charge is -2.06. The molecule has 2 aromatic rings. The molecule has 0 saturated carbocycles. The van der Waals surface area contributed by atoms with Crippen LogP contribution in [0.4, 0.5) is 5.69 Å². The Labute approximate surface area is 119 Å². The number of aryl methyl sites for hydroxylation is 1. The molecule has 100 valence electrons. The summed E-state index contributed by atoms with van der Waals surface area (Å²) in [6.07, 6.45) is 1.96. The van der Waals surface area contributed by atoms with E-state index in [1.54, 1.807) is 0 Å². The van der Waals surface area contributed by atoms with E-state index in [1.807, 2.05) is 42.5 Å². The molecule has 0 spiro atoms. The predicted molar refractivity (Wildman–Crippen MR) is 80.3 cm³/mol. The van der Waals surface area contributed by atoms with E-state index in [0.717, 1.165) is 35.7 Å². The highest BCUT2D eigenvalue weighted by atomic mass is 35.5. The number of hydrogen-bond acceptors (Lipinski definition) is 2. The van der Waals surface area contributed by atoms with Crippen molar-refractivity contribution in [2.45, 2.75) is 19.4 Å². The van der Waals surface area contributed by atoms with Crippen molar-refractivity contribution in [1.29, 1.82) is 0 Å². The van der Waals surface area contributed by atoms with E-state index in [-0.39, 0.29) is 0 Å². The van der Waals surface area contributed by atoms with Crippen molar-refractivity contribution in [3.05, 3.63) is 64.7 Å². The first-order valence-electron chi connectivity index (χ1n) is 6.41. The van der Waals surface area contributed by atoms with Gasteiger partial charge in [-0.1, -0.05) is 41.9 Å². The number of hydrogen-bond donors (Lipinski definition) is 1. The molecule has 2 rings (SSSR count). The molecular formula is C16H18ClNO. The molecule has 2 nitrogen and oxygen atoms in total. The maximum Gasteiger partial charge on any atom is 0.0731 e. The van der Waals surface area contributed by atoms with Gasteiger partial charge in [0.05, 0.1) is 6.61 Å². The molecule has 2 N–H and O–H groups in total. The van der Waals surface area contributed by atoms with Gasteiger partial charge in [0, 0.05) is 17.3 Å². The Morgan fingerprint density at radius 1 is 1.05 bits per heavy atom. The van der Waals surface area contributed by atoms with E-state index in [0.29, 0.717) is 6.61 Å².